The van der Waals surface area contributed by atoms with Crippen LogP contribution in [0.3, 0.4) is 0 Å². The summed E-state index contributed by atoms with van der Waals surface area (Å²) in [5.74, 6) is -0.639. The normalized spacial score (nSPS) is 17.4. The first kappa shape index (κ1) is 24.4. The lowest BCUT2D eigenvalue weighted by Gasteiger charge is -2.39. The zero-order valence-electron chi connectivity index (χ0n) is 18.8. The Bertz CT molecular complexity index is 1190. The van der Waals surface area contributed by atoms with Gasteiger partial charge in [0.1, 0.15) is 10.6 Å². The van der Waals surface area contributed by atoms with Crippen LogP contribution in [0.4, 0.5) is 24.0 Å². The molecule has 0 saturated carbocycles. The molecule has 2 aromatic heterocycles. The van der Waals surface area contributed by atoms with E-state index in [4.69, 9.17) is 20.8 Å². The number of anilines is 1. The highest BCUT2D eigenvalue weighted by Gasteiger charge is 2.36. The first-order valence-corrected chi connectivity index (χ1v) is 11.6. The molecule has 1 aromatic carbocycles. The molecule has 0 radical (unpaired) electrons. The van der Waals surface area contributed by atoms with Crippen molar-refractivity contribution in [3.63, 3.8) is 0 Å². The molecule has 8 nitrogen and oxygen atoms in total. The summed E-state index contributed by atoms with van der Waals surface area (Å²) in [5, 5.41) is 1.97. The lowest BCUT2D eigenvalue weighted by atomic mass is 10.2. The van der Waals surface area contributed by atoms with Crippen LogP contribution in [0.15, 0.2) is 22.1 Å². The molecule has 1 aliphatic rings. The number of ether oxygens (including phenoxy) is 2. The number of aromatic nitrogens is 2. The van der Waals surface area contributed by atoms with Crippen LogP contribution in [0, 0.1) is 0 Å². The fourth-order valence-electron chi connectivity index (χ4n) is 3.60. The number of hydrogen-bond acceptors (Lipinski definition) is 8. The van der Waals surface area contributed by atoms with Crippen LogP contribution in [0.5, 0.6) is 5.75 Å². The van der Waals surface area contributed by atoms with E-state index in [1.54, 1.807) is 42.1 Å². The highest BCUT2D eigenvalue weighted by Crippen LogP contribution is 2.44. The average molecular weight is 519 g/mol. The average Bonchev–Trinajstić information content (AvgIpc) is 3.38. The molecule has 4 rings (SSSR count). The van der Waals surface area contributed by atoms with E-state index in [9.17, 15) is 18.0 Å². The second-order valence-electron chi connectivity index (χ2n) is 8.76. The van der Waals surface area contributed by atoms with Gasteiger partial charge in [-0.25, -0.2) is 9.78 Å². The summed E-state index contributed by atoms with van der Waals surface area (Å²) in [6.45, 7) is 8.20. The van der Waals surface area contributed by atoms with Gasteiger partial charge in [0, 0.05) is 37.3 Å². The van der Waals surface area contributed by atoms with Crippen molar-refractivity contribution in [2.24, 2.45) is 0 Å². The van der Waals surface area contributed by atoms with Crippen LogP contribution in [0.2, 0.25) is 5.02 Å². The van der Waals surface area contributed by atoms with Gasteiger partial charge >= 0.3 is 12.5 Å². The van der Waals surface area contributed by atoms with Gasteiger partial charge in [0.15, 0.2) is 16.8 Å². The maximum Gasteiger partial charge on any atom is 0.573 e. The van der Waals surface area contributed by atoms with E-state index in [0.29, 0.717) is 30.2 Å². The summed E-state index contributed by atoms with van der Waals surface area (Å²) in [5.41, 5.74) is -0.305. The quantitative estimate of drug-likeness (QED) is 0.424. The molecule has 1 saturated heterocycles. The molecule has 13 heteroatoms. The molecule has 0 bridgehead atoms. The lowest BCUT2D eigenvalue weighted by molar-refractivity contribution is -0.274. The van der Waals surface area contributed by atoms with Crippen LogP contribution >= 0.6 is 22.9 Å². The Morgan fingerprint density at radius 2 is 2.03 bits per heavy atom. The molecule has 1 amide bonds. The van der Waals surface area contributed by atoms with Crippen LogP contribution < -0.4 is 9.64 Å². The molecular weight excluding hydrogens is 497 g/mol. The standard InChI is InChI=1S/C21H22ClF3N4O4S/c1-11-10-28(6-7-29(11)19(30)33-20(2,3)4)18-27-14-15(31-18)12(17-26-5-8-34-17)9-13(22)16(14)32-21(23,24)25/h5,8-9,11H,6-7,10H2,1-4H3/t11-/m0/s1. The van der Waals surface area contributed by atoms with Crippen LogP contribution in [0.25, 0.3) is 21.7 Å². The predicted octanol–water partition coefficient (Wildman–Crippen LogP) is 5.95. The number of fused-ring (bicyclic) bond motifs is 1. The van der Waals surface area contributed by atoms with E-state index in [-0.39, 0.29) is 28.2 Å². The monoisotopic (exact) mass is 518 g/mol. The van der Waals surface area contributed by atoms with E-state index in [1.165, 1.54) is 17.4 Å². The zero-order chi connectivity index (χ0) is 24.8. The van der Waals surface area contributed by atoms with Gasteiger partial charge in [-0.05, 0) is 33.8 Å². The molecule has 1 aliphatic heterocycles. The first-order chi connectivity index (χ1) is 15.8. The first-order valence-electron chi connectivity index (χ1n) is 10.4. The Morgan fingerprint density at radius 3 is 2.62 bits per heavy atom. The highest BCUT2D eigenvalue weighted by atomic mass is 35.5. The van der Waals surface area contributed by atoms with E-state index in [2.05, 4.69) is 14.7 Å². The van der Waals surface area contributed by atoms with Crippen molar-refractivity contribution >= 4 is 46.1 Å². The minimum Gasteiger partial charge on any atom is -0.444 e. The van der Waals surface area contributed by atoms with Crippen molar-refractivity contribution in [2.45, 2.75) is 45.7 Å². The van der Waals surface area contributed by atoms with Crippen LogP contribution in [-0.4, -0.2) is 58.6 Å². The molecular formula is C21H22ClF3N4O4S. The number of halogens is 4. The molecule has 0 N–H and O–H groups in total. The Morgan fingerprint density at radius 1 is 1.29 bits per heavy atom. The van der Waals surface area contributed by atoms with Crippen LogP contribution in [-0.2, 0) is 4.74 Å². The number of piperazine rings is 1. The fourth-order valence-corrected chi connectivity index (χ4v) is 4.49. The smallest absolute Gasteiger partial charge is 0.444 e. The fraction of sp³-hybridized carbons (Fsp3) is 0.476. The number of nitrogens with zero attached hydrogens (tertiary/aromatic N) is 4. The van der Waals surface area contributed by atoms with Gasteiger partial charge in [0.05, 0.1) is 10.6 Å². The van der Waals surface area contributed by atoms with Crippen molar-refractivity contribution in [2.75, 3.05) is 24.5 Å². The SMILES string of the molecule is C[C@H]1CN(c2nc3c(OC(F)(F)F)c(Cl)cc(-c4nccs4)c3o2)CCN1C(=O)OC(C)(C)C. The Balaban J connectivity index is 1.68. The summed E-state index contributed by atoms with van der Waals surface area (Å²) >= 11 is 7.43. The van der Waals surface area contributed by atoms with Crippen molar-refractivity contribution in [1.82, 2.24) is 14.9 Å². The van der Waals surface area contributed by atoms with Gasteiger partial charge in [-0.2, -0.15) is 4.98 Å². The summed E-state index contributed by atoms with van der Waals surface area (Å²) in [4.78, 5) is 24.4. The number of amides is 1. The molecule has 0 unspecified atom stereocenters. The van der Waals surface area contributed by atoms with Crippen molar-refractivity contribution in [3.8, 4) is 16.3 Å². The third kappa shape index (κ3) is 5.17. The molecule has 0 aliphatic carbocycles. The van der Waals surface area contributed by atoms with E-state index in [0.717, 1.165) is 0 Å². The van der Waals surface area contributed by atoms with Gasteiger partial charge in [-0.3, -0.25) is 0 Å². The topological polar surface area (TPSA) is 80.9 Å². The number of alkyl halides is 3. The lowest BCUT2D eigenvalue weighted by Crippen LogP contribution is -2.55. The summed E-state index contributed by atoms with van der Waals surface area (Å²) < 4.78 is 54.8. The Kier molecular flexibility index (Phi) is 6.32. The summed E-state index contributed by atoms with van der Waals surface area (Å²) in [6, 6.07) is 1.16. The second-order valence-corrected chi connectivity index (χ2v) is 10.1. The second kappa shape index (κ2) is 8.81. The van der Waals surface area contributed by atoms with E-state index < -0.39 is 23.8 Å². The molecule has 184 valence electrons. The van der Waals surface area contributed by atoms with Crippen molar-refractivity contribution in [1.29, 1.82) is 0 Å². The van der Waals surface area contributed by atoms with Crippen LogP contribution in [0.1, 0.15) is 27.7 Å². The minimum absolute atomic E-state index is 0.0795. The Hall–Kier alpha value is -2.73. The number of benzene rings is 1. The van der Waals surface area contributed by atoms with Gasteiger partial charge < -0.3 is 23.7 Å². The van der Waals surface area contributed by atoms with Gasteiger partial charge in [0.2, 0.25) is 0 Å². The molecule has 3 heterocycles. The number of carbonyl (C=O) groups is 1. The molecule has 0 spiro atoms. The number of hydrogen-bond donors (Lipinski definition) is 0. The van der Waals surface area contributed by atoms with Gasteiger partial charge in [-0.15, -0.1) is 24.5 Å². The molecule has 1 atom stereocenters. The number of rotatable bonds is 3. The third-order valence-electron chi connectivity index (χ3n) is 4.97. The van der Waals surface area contributed by atoms with E-state index >= 15 is 0 Å². The van der Waals surface area contributed by atoms with Gasteiger partial charge in [0.25, 0.3) is 6.01 Å². The maximum absolute atomic E-state index is 13.1. The van der Waals surface area contributed by atoms with Gasteiger partial charge in [-0.1, -0.05) is 11.6 Å². The van der Waals surface area contributed by atoms with Crippen molar-refractivity contribution in [3.05, 3.63) is 22.7 Å². The Labute approximate surface area is 202 Å². The number of thiazole rings is 1. The minimum atomic E-state index is -4.97. The number of oxazole rings is 1. The maximum atomic E-state index is 13.1. The molecule has 3 aromatic rings. The van der Waals surface area contributed by atoms with Crippen molar-refractivity contribution < 1.29 is 31.9 Å². The number of carbonyl (C=O) groups excluding carboxylic acids is 1. The van der Waals surface area contributed by atoms with E-state index in [1.807, 2.05) is 6.92 Å². The molecule has 34 heavy (non-hydrogen) atoms. The summed E-state index contributed by atoms with van der Waals surface area (Å²) in [7, 11) is 0. The predicted molar refractivity (Wildman–Crippen MR) is 121 cm³/mol. The largest absolute Gasteiger partial charge is 0.573 e. The highest BCUT2D eigenvalue weighted by molar-refractivity contribution is 7.13. The third-order valence-corrected chi connectivity index (χ3v) is 6.06. The summed E-state index contributed by atoms with van der Waals surface area (Å²) in [6.07, 6.45) is -3.84. The zero-order valence-corrected chi connectivity index (χ0v) is 20.3. The molecule has 1 fully saturated rings.